The molecular weight excluding hydrogens is 1580 g/mol. The molecule has 18 rings (SSSR count). The number of aromatic nitrogens is 8. The summed E-state index contributed by atoms with van der Waals surface area (Å²) in [6, 6.07) is 29.4. The van der Waals surface area contributed by atoms with Gasteiger partial charge in [0.2, 0.25) is 24.3 Å². The van der Waals surface area contributed by atoms with E-state index in [-0.39, 0.29) is 53.9 Å². The number of benzene rings is 4. The minimum absolute atomic E-state index is 0.153. The molecule has 1 saturated carbocycles. The molecule has 5 amide bonds. The monoisotopic (exact) mass is 1680 g/mol. The number of piperidine rings is 1. The number of hydrogen-bond acceptors (Lipinski definition) is 17. The second kappa shape index (κ2) is 31.6. The summed E-state index contributed by atoms with van der Waals surface area (Å²) >= 11 is 3.38. The molecule has 121 heavy (non-hydrogen) atoms. The van der Waals surface area contributed by atoms with E-state index in [1.807, 2.05) is 130 Å². The van der Waals surface area contributed by atoms with Crippen LogP contribution in [-0.4, -0.2) is 153 Å². The van der Waals surface area contributed by atoms with Gasteiger partial charge in [0.15, 0.2) is 0 Å². The number of nitrogens with one attached hydrogen (secondary N) is 5. The van der Waals surface area contributed by atoms with Gasteiger partial charge in [-0.1, -0.05) is 73.6 Å². The molecule has 634 valence electrons. The van der Waals surface area contributed by atoms with Crippen molar-refractivity contribution < 1.29 is 65.7 Å². The molecule has 30 heteroatoms. The number of thiophene rings is 2. The second-order valence-corrected chi connectivity index (χ2v) is 38.5. The Bertz CT molecular complexity index is 5850. The Balaban J connectivity index is 0.000000174. The Labute approximate surface area is 710 Å². The van der Waals surface area contributed by atoms with Crippen LogP contribution in [-0.2, 0) is 33.1 Å². The summed E-state index contributed by atoms with van der Waals surface area (Å²) in [4.78, 5) is 99.3. The number of nitrogens with zero attached hydrogens (tertiary/aromatic N) is 8. The number of H-pyrrole nitrogens is 3. The van der Waals surface area contributed by atoms with Crippen molar-refractivity contribution >= 4 is 87.2 Å². The van der Waals surface area contributed by atoms with E-state index in [0.29, 0.717) is 112 Å². The minimum Gasteiger partial charge on any atom is -0.464 e. The largest absolute Gasteiger partial charge is 0.494 e. The number of ether oxygens (including phenoxy) is 5. The number of amides is 5. The number of carbonyl (C=O) groups is 5. The normalized spacial score (nSPS) is 21.0. The van der Waals surface area contributed by atoms with Gasteiger partial charge in [-0.05, 0) is 201 Å². The lowest BCUT2D eigenvalue weighted by molar-refractivity contribution is -0.136. The molecule has 7 aliphatic rings. The highest BCUT2D eigenvalue weighted by molar-refractivity contribution is 7.12. The lowest BCUT2D eigenvalue weighted by Gasteiger charge is -2.32. The third-order valence-electron chi connectivity index (χ3n) is 24.9. The molecule has 4 aromatic carbocycles. The third-order valence-corrected chi connectivity index (χ3v) is 27.8. The first-order chi connectivity index (χ1) is 57.6. The van der Waals surface area contributed by atoms with Crippen LogP contribution in [0.3, 0.4) is 0 Å². The fourth-order valence-electron chi connectivity index (χ4n) is 17.8. The van der Waals surface area contributed by atoms with Crippen LogP contribution in [0.5, 0.6) is 11.5 Å². The lowest BCUT2D eigenvalue weighted by atomic mass is 9.78. The first-order valence-corrected chi connectivity index (χ1v) is 43.6. The molecular formula is C91H104BF2N13O12S2. The maximum atomic E-state index is 16.9. The van der Waals surface area contributed by atoms with Crippen molar-refractivity contribution in [3.05, 3.63) is 164 Å². The zero-order valence-electron chi connectivity index (χ0n) is 71.3. The van der Waals surface area contributed by atoms with Crippen molar-refractivity contribution in [2.24, 2.45) is 17.8 Å². The Hall–Kier alpha value is -10.8. The van der Waals surface area contributed by atoms with Crippen molar-refractivity contribution in [2.75, 3.05) is 27.3 Å². The van der Waals surface area contributed by atoms with Crippen LogP contribution in [0.1, 0.15) is 222 Å². The number of carbonyl (C=O) groups excluding carboxylic acids is 5. The first-order valence-electron chi connectivity index (χ1n) is 42.0. The summed E-state index contributed by atoms with van der Waals surface area (Å²) in [5.74, 6) is 2.28. The maximum absolute atomic E-state index is 16.9. The van der Waals surface area contributed by atoms with Crippen LogP contribution < -0.4 is 25.6 Å². The van der Waals surface area contributed by atoms with Crippen LogP contribution >= 0.6 is 22.7 Å². The number of rotatable bonds is 17. The Kier molecular flexibility index (Phi) is 21.5. The van der Waals surface area contributed by atoms with Crippen LogP contribution in [0.25, 0.3) is 78.1 Å². The molecule has 7 aromatic heterocycles. The summed E-state index contributed by atoms with van der Waals surface area (Å²) in [5, 5.41) is 7.22. The van der Waals surface area contributed by atoms with Crippen molar-refractivity contribution in [3.63, 3.8) is 0 Å². The van der Waals surface area contributed by atoms with Gasteiger partial charge in [-0.25, -0.2) is 38.1 Å². The standard InChI is InChI=1S/C49H55FN8O6S.C42H49BFN5O6S/c1-24(2)39-13-14-40(65-39)46-57-33-12-11-26(31-22-52-44(53-31)37-20-29-18-35(29)58(37)48(61)64-49(5,6)7)16-28(33)19-36(57)41-30(50)17-27(21-38(41)63-46)32-23-51-43(54-32)34-10-9-15-56(34)45(59)42(25(3)4)55-47(60)62-8;1-22(2)33-14-15-34(56-33)39-49-29-13-12-26(43-54-41(5,6)42(7,8)55-43)17-25(29)19-31(49)35-27(44)18-24(20-32(35)53-39)28-21-45-37(46-28)30-11-10-16-48(30)38(50)36(23(3)4)47-40(51)52-9/h11-14,16-17,19,21-25,29,34-35,37,42,46H,9-10,15,18,20H2,1-8H3,(H,51,54)(H,52,53)(H,55,60);12-15,17-23,30,36,39H,10-11,16H2,1-9H3,(H,45,46)(H,47,51)/t29-,34-,35-,37?,42-,46?;30-,36-,39?/m00/s1. The molecule has 1 aliphatic carbocycles. The van der Waals surface area contributed by atoms with Gasteiger partial charge in [0.1, 0.15) is 58.3 Å². The molecule has 25 nitrogen and oxygen atoms in total. The third kappa shape index (κ3) is 15.3. The SMILES string of the molecule is COC(=O)N[C@H](C(=O)N1CCC[C@H]1c1ncc(-c2cc(F)c3c(c2)OC(c2ccc(C(C)C)s2)n2c-3cc3cc(-c4cnc(C5C[C@@H]6C[C@@H]6N5C(=O)OC(C)(C)C)[nH]4)ccc32)[nH]1)C(C)C.COC(=O)N[C@H](C(=O)N1CCC[C@H]1c1ncc(-c2cc(F)c3c(c2)OC(c2ccc(C(C)C)s2)n2c-3cc3cc(B4OC(C)(C)C(C)(C)O4)ccc32)[nH]1)C(C)C. The zero-order valence-corrected chi connectivity index (χ0v) is 72.9. The number of aromatic amines is 3. The lowest BCUT2D eigenvalue weighted by Crippen LogP contribution is -2.51. The van der Waals surface area contributed by atoms with Gasteiger partial charge in [0, 0.05) is 56.3 Å². The molecule has 11 aromatic rings. The zero-order chi connectivity index (χ0) is 85.5. The summed E-state index contributed by atoms with van der Waals surface area (Å²) in [7, 11) is 2.02. The van der Waals surface area contributed by atoms with Crippen molar-refractivity contribution in [2.45, 2.75) is 220 Å². The fraction of sp³-hybridized carbons (Fsp3) is 0.451. The molecule has 4 saturated heterocycles. The molecule has 9 atom stereocenters. The van der Waals surface area contributed by atoms with Gasteiger partial charge in [-0.15, -0.1) is 22.7 Å². The molecule has 0 radical (unpaired) electrons. The van der Waals surface area contributed by atoms with E-state index in [2.05, 4.69) is 110 Å². The number of methoxy groups -OCH3 is 2. The summed E-state index contributed by atoms with van der Waals surface area (Å²) in [6.07, 6.45) is 7.21. The van der Waals surface area contributed by atoms with Crippen LogP contribution in [0.2, 0.25) is 0 Å². The number of halogens is 2. The molecule has 0 spiro atoms. The minimum atomic E-state index is -0.761. The van der Waals surface area contributed by atoms with E-state index in [9.17, 15) is 24.0 Å². The highest BCUT2D eigenvalue weighted by Gasteiger charge is 2.57. The number of fused-ring (bicyclic) bond motifs is 11. The van der Waals surface area contributed by atoms with Gasteiger partial charge >= 0.3 is 25.4 Å². The van der Waals surface area contributed by atoms with E-state index in [4.69, 9.17) is 43.0 Å². The second-order valence-electron chi connectivity index (χ2n) is 36.2. The maximum Gasteiger partial charge on any atom is 0.494 e. The number of alkyl carbamates (subject to hydrolysis) is 2. The highest BCUT2D eigenvalue weighted by Crippen LogP contribution is 2.55. The topological polar surface area (TPSA) is 280 Å². The Morgan fingerprint density at radius 1 is 0.562 bits per heavy atom. The number of hydrogen-bond donors (Lipinski definition) is 5. The van der Waals surface area contributed by atoms with E-state index in [0.717, 1.165) is 79.8 Å². The number of likely N-dealkylation sites (tertiary alicyclic amines) is 3. The Morgan fingerprint density at radius 3 is 1.45 bits per heavy atom. The molecule has 5 N–H and O–H groups in total. The van der Waals surface area contributed by atoms with Gasteiger partial charge in [-0.2, -0.15) is 0 Å². The summed E-state index contributed by atoms with van der Waals surface area (Å²) < 4.78 is 79.6. The molecule has 5 fully saturated rings. The molecule has 3 unspecified atom stereocenters. The highest BCUT2D eigenvalue weighted by atomic mass is 32.1. The van der Waals surface area contributed by atoms with Crippen molar-refractivity contribution in [1.29, 1.82) is 0 Å². The van der Waals surface area contributed by atoms with E-state index in [1.165, 1.54) is 36.1 Å². The average Bonchev–Trinajstić information content (AvgIpc) is 1.59. The van der Waals surface area contributed by atoms with Crippen molar-refractivity contribution in [1.82, 2.24) is 64.4 Å². The molecule has 13 heterocycles. The van der Waals surface area contributed by atoms with Gasteiger partial charge in [0.25, 0.3) is 0 Å². The molecule has 6 aliphatic heterocycles. The molecule has 0 bridgehead atoms. The average molecular weight is 1680 g/mol. The quantitative estimate of drug-likeness (QED) is 0.0419. The van der Waals surface area contributed by atoms with E-state index in [1.54, 1.807) is 44.9 Å². The van der Waals surface area contributed by atoms with Gasteiger partial charge in [0.05, 0.1) is 123 Å². The smallest absolute Gasteiger partial charge is 0.464 e. The predicted octanol–water partition coefficient (Wildman–Crippen LogP) is 18.8. The number of imidazole rings is 3. The van der Waals surface area contributed by atoms with Crippen LogP contribution in [0, 0.1) is 29.4 Å². The Morgan fingerprint density at radius 2 is 1.01 bits per heavy atom. The fourth-order valence-corrected chi connectivity index (χ4v) is 19.9. The summed E-state index contributed by atoms with van der Waals surface area (Å²) in [5.41, 5.74) is 7.34. The van der Waals surface area contributed by atoms with E-state index < -0.39 is 72.3 Å². The van der Waals surface area contributed by atoms with E-state index >= 15 is 8.78 Å². The predicted molar refractivity (Wildman–Crippen MR) is 461 cm³/mol. The summed E-state index contributed by atoms with van der Waals surface area (Å²) in [6.45, 7) is 31.0. The van der Waals surface area contributed by atoms with Crippen LogP contribution in [0.15, 0.2) is 116 Å². The van der Waals surface area contributed by atoms with Crippen molar-refractivity contribution in [3.8, 4) is 67.8 Å². The van der Waals surface area contributed by atoms with Crippen LogP contribution in [0.4, 0.5) is 23.2 Å². The van der Waals surface area contributed by atoms with Gasteiger partial charge in [-0.3, -0.25) is 23.6 Å². The first kappa shape index (κ1) is 82.5. The van der Waals surface area contributed by atoms with Gasteiger partial charge < -0.3 is 68.4 Å².